The van der Waals surface area contributed by atoms with Gasteiger partial charge in [-0.1, -0.05) is 13.3 Å². The Kier molecular flexibility index (Phi) is 4.74. The average molecular weight is 256 g/mol. The second kappa shape index (κ2) is 6.10. The monoisotopic (exact) mass is 256 g/mol. The third-order valence-corrected chi connectivity index (χ3v) is 5.33. The highest BCUT2D eigenvalue weighted by Gasteiger charge is 2.38. The van der Waals surface area contributed by atoms with E-state index in [-0.39, 0.29) is 6.04 Å². The first-order chi connectivity index (χ1) is 8.27. The molecule has 0 aromatic heterocycles. The largest absolute Gasteiger partial charge is 0.337 e. The van der Waals surface area contributed by atoms with Crippen LogP contribution in [0.3, 0.4) is 0 Å². The first-order valence-corrected chi connectivity index (χ1v) is 7.92. The molecule has 1 amide bonds. The van der Waals surface area contributed by atoms with Crippen LogP contribution in [0.4, 0.5) is 0 Å². The van der Waals surface area contributed by atoms with Crippen LogP contribution in [0.5, 0.6) is 0 Å². The minimum Gasteiger partial charge on any atom is -0.337 e. The summed E-state index contributed by atoms with van der Waals surface area (Å²) < 4.78 is 0. The van der Waals surface area contributed by atoms with E-state index in [1.807, 2.05) is 18.8 Å². The van der Waals surface area contributed by atoms with Crippen LogP contribution in [0.1, 0.15) is 39.0 Å². The molecule has 0 aromatic rings. The summed E-state index contributed by atoms with van der Waals surface area (Å²) in [5, 5.41) is 3.84. The maximum Gasteiger partial charge on any atom is 0.239 e. The number of nitrogens with one attached hydrogen (secondary N) is 1. The number of thioether (sulfide) groups is 1. The van der Waals surface area contributed by atoms with Crippen LogP contribution in [0.15, 0.2) is 0 Å². The quantitative estimate of drug-likeness (QED) is 0.833. The predicted octanol–water partition coefficient (Wildman–Crippen LogP) is 1.87. The standard InChI is InChI=1S/C13H24N2OS/c1-3-17-12-8-4-7-11(12)15-9-5-6-10(14-2)13(15)16/h10-12,14H,3-9H2,1-2H3. The molecule has 0 aromatic carbocycles. The lowest BCUT2D eigenvalue weighted by atomic mass is 10.0. The van der Waals surface area contributed by atoms with Gasteiger partial charge in [-0.3, -0.25) is 4.79 Å². The highest BCUT2D eigenvalue weighted by atomic mass is 32.2. The van der Waals surface area contributed by atoms with Gasteiger partial charge in [0.15, 0.2) is 0 Å². The topological polar surface area (TPSA) is 32.3 Å². The minimum atomic E-state index is 0.0663. The number of hydrogen-bond donors (Lipinski definition) is 1. The number of hydrogen-bond acceptors (Lipinski definition) is 3. The van der Waals surface area contributed by atoms with E-state index in [2.05, 4.69) is 17.1 Å². The van der Waals surface area contributed by atoms with Gasteiger partial charge in [-0.25, -0.2) is 0 Å². The van der Waals surface area contributed by atoms with Crippen LogP contribution in [0.2, 0.25) is 0 Å². The van der Waals surface area contributed by atoms with Crippen LogP contribution in [-0.4, -0.2) is 47.5 Å². The van der Waals surface area contributed by atoms with Crippen LogP contribution in [-0.2, 0) is 4.79 Å². The number of amides is 1. The Bertz CT molecular complexity index is 272. The smallest absolute Gasteiger partial charge is 0.239 e. The minimum absolute atomic E-state index is 0.0663. The van der Waals surface area contributed by atoms with E-state index < -0.39 is 0 Å². The number of likely N-dealkylation sites (N-methyl/N-ethyl adjacent to an activating group) is 1. The van der Waals surface area contributed by atoms with Crippen LogP contribution in [0, 0.1) is 0 Å². The molecule has 1 N–H and O–H groups in total. The molecule has 98 valence electrons. The molecule has 1 saturated heterocycles. The summed E-state index contributed by atoms with van der Waals surface area (Å²) in [7, 11) is 1.90. The maximum absolute atomic E-state index is 12.3. The van der Waals surface area contributed by atoms with Gasteiger partial charge in [0.25, 0.3) is 0 Å². The summed E-state index contributed by atoms with van der Waals surface area (Å²) in [5.74, 6) is 1.51. The van der Waals surface area contributed by atoms with Crippen molar-refractivity contribution < 1.29 is 4.79 Å². The molecule has 1 saturated carbocycles. The second-order valence-corrected chi connectivity index (χ2v) is 6.52. The molecule has 2 rings (SSSR count). The fourth-order valence-electron chi connectivity index (χ4n) is 3.17. The average Bonchev–Trinajstić information content (AvgIpc) is 2.78. The Hall–Kier alpha value is -0.220. The number of carbonyl (C=O) groups excluding carboxylic acids is 1. The van der Waals surface area contributed by atoms with E-state index in [1.165, 1.54) is 25.0 Å². The summed E-state index contributed by atoms with van der Waals surface area (Å²) in [5.41, 5.74) is 0. The molecule has 1 heterocycles. The van der Waals surface area contributed by atoms with Gasteiger partial charge in [-0.05, 0) is 38.5 Å². The Morgan fingerprint density at radius 2 is 2.18 bits per heavy atom. The van der Waals surface area contributed by atoms with Crippen LogP contribution < -0.4 is 5.32 Å². The molecule has 1 aliphatic carbocycles. The lowest BCUT2D eigenvalue weighted by molar-refractivity contribution is -0.138. The van der Waals surface area contributed by atoms with Crippen molar-refractivity contribution in [1.29, 1.82) is 0 Å². The zero-order chi connectivity index (χ0) is 12.3. The molecule has 0 spiro atoms. The molecular weight excluding hydrogens is 232 g/mol. The van der Waals surface area contributed by atoms with Gasteiger partial charge in [0, 0.05) is 17.8 Å². The summed E-state index contributed by atoms with van der Waals surface area (Å²) in [4.78, 5) is 14.5. The van der Waals surface area contributed by atoms with E-state index in [0.29, 0.717) is 17.2 Å². The molecule has 0 radical (unpaired) electrons. The third kappa shape index (κ3) is 2.79. The van der Waals surface area contributed by atoms with Gasteiger partial charge in [-0.2, -0.15) is 11.8 Å². The van der Waals surface area contributed by atoms with Gasteiger partial charge < -0.3 is 10.2 Å². The van der Waals surface area contributed by atoms with Crippen molar-refractivity contribution in [1.82, 2.24) is 10.2 Å². The Labute approximate surface area is 109 Å². The SMILES string of the molecule is CCSC1CCCC1N1CCCC(NC)C1=O. The van der Waals surface area contributed by atoms with Crippen molar-refractivity contribution in [2.45, 2.75) is 56.4 Å². The lowest BCUT2D eigenvalue weighted by Gasteiger charge is -2.38. The highest BCUT2D eigenvalue weighted by Crippen LogP contribution is 2.34. The van der Waals surface area contributed by atoms with E-state index in [9.17, 15) is 4.79 Å². The molecule has 2 aliphatic rings. The lowest BCUT2D eigenvalue weighted by Crippen LogP contribution is -2.54. The number of nitrogens with zero attached hydrogens (tertiary/aromatic N) is 1. The molecule has 3 unspecified atom stereocenters. The number of carbonyl (C=O) groups is 1. The molecule has 3 nitrogen and oxygen atoms in total. The Morgan fingerprint density at radius 1 is 1.35 bits per heavy atom. The number of likely N-dealkylation sites (tertiary alicyclic amines) is 1. The van der Waals surface area contributed by atoms with Gasteiger partial charge in [0.05, 0.1) is 6.04 Å². The number of rotatable bonds is 4. The number of piperidine rings is 1. The highest BCUT2D eigenvalue weighted by molar-refractivity contribution is 7.99. The van der Waals surface area contributed by atoms with Crippen molar-refractivity contribution in [3.8, 4) is 0 Å². The summed E-state index contributed by atoms with van der Waals surface area (Å²) >= 11 is 2.04. The molecule has 0 bridgehead atoms. The molecule has 4 heteroatoms. The van der Waals surface area contributed by atoms with E-state index >= 15 is 0 Å². The van der Waals surface area contributed by atoms with Crippen molar-refractivity contribution in [2.24, 2.45) is 0 Å². The molecule has 2 fully saturated rings. The van der Waals surface area contributed by atoms with Crippen molar-refractivity contribution >= 4 is 17.7 Å². The van der Waals surface area contributed by atoms with Crippen LogP contribution >= 0.6 is 11.8 Å². The van der Waals surface area contributed by atoms with Gasteiger partial charge in [0.2, 0.25) is 5.91 Å². The van der Waals surface area contributed by atoms with Crippen molar-refractivity contribution in [3.05, 3.63) is 0 Å². The normalized spacial score (nSPS) is 34.4. The predicted molar refractivity (Wildman–Crippen MR) is 73.4 cm³/mol. The van der Waals surface area contributed by atoms with Crippen molar-refractivity contribution in [3.63, 3.8) is 0 Å². The fraction of sp³-hybridized carbons (Fsp3) is 0.923. The second-order valence-electron chi connectivity index (χ2n) is 5.01. The van der Waals surface area contributed by atoms with E-state index in [1.54, 1.807) is 0 Å². The summed E-state index contributed by atoms with van der Waals surface area (Å²) in [6.07, 6.45) is 5.94. The van der Waals surface area contributed by atoms with Crippen molar-refractivity contribution in [2.75, 3.05) is 19.3 Å². The zero-order valence-electron chi connectivity index (χ0n) is 10.9. The molecule has 3 atom stereocenters. The molecule has 1 aliphatic heterocycles. The van der Waals surface area contributed by atoms with Crippen LogP contribution in [0.25, 0.3) is 0 Å². The third-order valence-electron chi connectivity index (χ3n) is 4.02. The van der Waals surface area contributed by atoms with E-state index in [4.69, 9.17) is 0 Å². The van der Waals surface area contributed by atoms with E-state index in [0.717, 1.165) is 19.4 Å². The summed E-state index contributed by atoms with van der Waals surface area (Å²) in [6.45, 7) is 3.19. The first kappa shape index (κ1) is 13.2. The molecular formula is C13H24N2OS. The van der Waals surface area contributed by atoms with Gasteiger partial charge in [-0.15, -0.1) is 0 Å². The first-order valence-electron chi connectivity index (χ1n) is 6.87. The maximum atomic E-state index is 12.3. The van der Waals surface area contributed by atoms with Gasteiger partial charge >= 0.3 is 0 Å². The fourth-order valence-corrected chi connectivity index (χ4v) is 4.43. The Balaban J connectivity index is 2.02. The van der Waals surface area contributed by atoms with Gasteiger partial charge in [0.1, 0.15) is 0 Å². The zero-order valence-corrected chi connectivity index (χ0v) is 11.8. The molecule has 17 heavy (non-hydrogen) atoms. The summed E-state index contributed by atoms with van der Waals surface area (Å²) in [6, 6.07) is 0.570. The Morgan fingerprint density at radius 3 is 2.88 bits per heavy atom.